The van der Waals surface area contributed by atoms with Crippen molar-refractivity contribution >= 4 is 5.91 Å². The van der Waals surface area contributed by atoms with Gasteiger partial charge in [-0.25, -0.2) is 0 Å². The Morgan fingerprint density at radius 3 is 2.89 bits per heavy atom. The number of amides is 1. The van der Waals surface area contributed by atoms with Crippen molar-refractivity contribution < 1.29 is 14.3 Å². The minimum atomic E-state index is -0.536. The van der Waals surface area contributed by atoms with Crippen LogP contribution in [-0.2, 0) is 4.79 Å². The molecule has 0 aromatic heterocycles. The standard InChI is InChI=1S/C14H18N2O3/c15-7-10-5-6-16(8-10)14(17)13-9-18-11-3-1-2-4-12(11)19-13/h1-4,10,13H,5-9,15H2/t10-,13+/m1/s1. The normalized spacial score (nSPS) is 25.4. The first-order valence-electron chi connectivity index (χ1n) is 6.65. The minimum absolute atomic E-state index is 0.00505. The summed E-state index contributed by atoms with van der Waals surface area (Å²) in [7, 11) is 0. The average Bonchev–Trinajstić information content (AvgIpc) is 2.95. The van der Waals surface area contributed by atoms with Crippen molar-refractivity contribution in [3.63, 3.8) is 0 Å². The van der Waals surface area contributed by atoms with Crippen LogP contribution in [0.4, 0.5) is 0 Å². The summed E-state index contributed by atoms with van der Waals surface area (Å²) in [5.74, 6) is 1.76. The Labute approximate surface area is 112 Å². The van der Waals surface area contributed by atoms with Crippen molar-refractivity contribution in [2.75, 3.05) is 26.2 Å². The van der Waals surface area contributed by atoms with E-state index in [-0.39, 0.29) is 12.5 Å². The van der Waals surface area contributed by atoms with Crippen LogP contribution in [0.1, 0.15) is 6.42 Å². The van der Waals surface area contributed by atoms with E-state index < -0.39 is 6.10 Å². The van der Waals surface area contributed by atoms with Gasteiger partial charge in [-0.15, -0.1) is 0 Å². The molecule has 1 amide bonds. The van der Waals surface area contributed by atoms with E-state index in [1.807, 2.05) is 29.2 Å². The Morgan fingerprint density at radius 1 is 1.37 bits per heavy atom. The van der Waals surface area contributed by atoms with Crippen LogP contribution >= 0.6 is 0 Å². The Hall–Kier alpha value is -1.75. The van der Waals surface area contributed by atoms with E-state index in [1.54, 1.807) is 0 Å². The van der Waals surface area contributed by atoms with Crippen molar-refractivity contribution in [3.05, 3.63) is 24.3 Å². The summed E-state index contributed by atoms with van der Waals surface area (Å²) in [5, 5.41) is 0. The summed E-state index contributed by atoms with van der Waals surface area (Å²) in [6, 6.07) is 7.42. The number of carbonyl (C=O) groups is 1. The fourth-order valence-corrected chi connectivity index (χ4v) is 2.57. The second-order valence-corrected chi connectivity index (χ2v) is 5.04. The van der Waals surface area contributed by atoms with Crippen molar-refractivity contribution in [2.45, 2.75) is 12.5 Å². The third-order valence-electron chi connectivity index (χ3n) is 3.71. The molecule has 2 atom stereocenters. The van der Waals surface area contributed by atoms with Crippen LogP contribution in [0.3, 0.4) is 0 Å². The lowest BCUT2D eigenvalue weighted by molar-refractivity contribution is -0.140. The number of benzene rings is 1. The van der Waals surface area contributed by atoms with Crippen LogP contribution in [0, 0.1) is 5.92 Å². The van der Waals surface area contributed by atoms with Crippen molar-refractivity contribution in [1.82, 2.24) is 4.90 Å². The van der Waals surface area contributed by atoms with Gasteiger partial charge >= 0.3 is 0 Å². The summed E-state index contributed by atoms with van der Waals surface area (Å²) < 4.78 is 11.3. The predicted octanol–water partition coefficient (Wildman–Crippen LogP) is 0.634. The molecule has 5 heteroatoms. The Kier molecular flexibility index (Phi) is 3.29. The fourth-order valence-electron chi connectivity index (χ4n) is 2.57. The fraction of sp³-hybridized carbons (Fsp3) is 0.500. The molecule has 2 aliphatic heterocycles. The average molecular weight is 262 g/mol. The smallest absolute Gasteiger partial charge is 0.267 e. The number of likely N-dealkylation sites (tertiary alicyclic amines) is 1. The SMILES string of the molecule is NC[C@H]1CCN(C(=O)[C@@H]2COc3ccccc3O2)C1. The minimum Gasteiger partial charge on any atom is -0.485 e. The number of rotatable bonds is 2. The molecule has 0 saturated carbocycles. The second-order valence-electron chi connectivity index (χ2n) is 5.04. The van der Waals surface area contributed by atoms with Gasteiger partial charge in [0.25, 0.3) is 5.91 Å². The molecular weight excluding hydrogens is 244 g/mol. The number of fused-ring (bicyclic) bond motifs is 1. The monoisotopic (exact) mass is 262 g/mol. The summed E-state index contributed by atoms with van der Waals surface area (Å²) in [5.41, 5.74) is 5.64. The van der Waals surface area contributed by atoms with Crippen LogP contribution in [-0.4, -0.2) is 43.2 Å². The zero-order chi connectivity index (χ0) is 13.2. The van der Waals surface area contributed by atoms with Gasteiger partial charge in [-0.05, 0) is 31.0 Å². The van der Waals surface area contributed by atoms with Gasteiger partial charge in [0, 0.05) is 13.1 Å². The molecule has 2 heterocycles. The molecule has 2 N–H and O–H groups in total. The highest BCUT2D eigenvalue weighted by atomic mass is 16.6. The van der Waals surface area contributed by atoms with Crippen LogP contribution in [0.5, 0.6) is 11.5 Å². The van der Waals surface area contributed by atoms with Crippen LogP contribution < -0.4 is 15.2 Å². The first kappa shape index (κ1) is 12.3. The molecule has 1 fully saturated rings. The van der Waals surface area contributed by atoms with Gasteiger partial charge in [0.15, 0.2) is 11.5 Å². The third kappa shape index (κ3) is 2.38. The van der Waals surface area contributed by atoms with E-state index in [1.165, 1.54) is 0 Å². The molecule has 0 aliphatic carbocycles. The topological polar surface area (TPSA) is 64.8 Å². The van der Waals surface area contributed by atoms with E-state index in [0.29, 0.717) is 24.0 Å². The van der Waals surface area contributed by atoms with E-state index >= 15 is 0 Å². The maximum Gasteiger partial charge on any atom is 0.267 e. The highest BCUT2D eigenvalue weighted by molar-refractivity contribution is 5.82. The van der Waals surface area contributed by atoms with Crippen LogP contribution in [0.25, 0.3) is 0 Å². The van der Waals surface area contributed by atoms with Gasteiger partial charge in [-0.2, -0.15) is 0 Å². The lowest BCUT2D eigenvalue weighted by atomic mass is 10.1. The van der Waals surface area contributed by atoms with E-state index in [4.69, 9.17) is 15.2 Å². The molecule has 2 aliphatic rings. The first-order valence-corrected chi connectivity index (χ1v) is 6.65. The Balaban J connectivity index is 1.66. The molecular formula is C14H18N2O3. The number of para-hydroxylation sites is 2. The van der Waals surface area contributed by atoms with Crippen LogP contribution in [0.2, 0.25) is 0 Å². The molecule has 1 aromatic rings. The maximum atomic E-state index is 12.4. The van der Waals surface area contributed by atoms with E-state index in [2.05, 4.69) is 0 Å². The lowest BCUT2D eigenvalue weighted by Crippen LogP contribution is -2.45. The van der Waals surface area contributed by atoms with Crippen molar-refractivity contribution in [3.8, 4) is 11.5 Å². The molecule has 5 nitrogen and oxygen atoms in total. The van der Waals surface area contributed by atoms with Gasteiger partial charge in [0.05, 0.1) is 0 Å². The van der Waals surface area contributed by atoms with Gasteiger partial charge in [0.1, 0.15) is 6.61 Å². The van der Waals surface area contributed by atoms with Gasteiger partial charge in [-0.1, -0.05) is 12.1 Å². The van der Waals surface area contributed by atoms with Gasteiger partial charge in [0.2, 0.25) is 6.10 Å². The third-order valence-corrected chi connectivity index (χ3v) is 3.71. The first-order chi connectivity index (χ1) is 9.28. The molecule has 0 radical (unpaired) electrons. The number of hydrogen-bond donors (Lipinski definition) is 1. The molecule has 1 aromatic carbocycles. The summed E-state index contributed by atoms with van der Waals surface area (Å²) in [4.78, 5) is 14.2. The summed E-state index contributed by atoms with van der Waals surface area (Å²) >= 11 is 0. The maximum absolute atomic E-state index is 12.4. The number of carbonyl (C=O) groups excluding carboxylic acids is 1. The van der Waals surface area contributed by atoms with E-state index in [9.17, 15) is 4.79 Å². The van der Waals surface area contributed by atoms with Crippen molar-refractivity contribution in [2.24, 2.45) is 11.7 Å². The molecule has 102 valence electrons. The number of hydrogen-bond acceptors (Lipinski definition) is 4. The molecule has 0 spiro atoms. The lowest BCUT2D eigenvalue weighted by Gasteiger charge is -2.28. The zero-order valence-electron chi connectivity index (χ0n) is 10.7. The second kappa shape index (κ2) is 5.09. The molecule has 0 bridgehead atoms. The predicted molar refractivity (Wildman–Crippen MR) is 70.1 cm³/mol. The summed E-state index contributed by atoms with van der Waals surface area (Å²) in [6.45, 7) is 2.41. The molecule has 0 unspecified atom stereocenters. The number of ether oxygens (including phenoxy) is 2. The molecule has 19 heavy (non-hydrogen) atoms. The summed E-state index contributed by atoms with van der Waals surface area (Å²) in [6.07, 6.45) is 0.443. The zero-order valence-corrected chi connectivity index (χ0v) is 10.7. The Morgan fingerprint density at radius 2 is 2.16 bits per heavy atom. The highest BCUT2D eigenvalue weighted by Crippen LogP contribution is 2.31. The van der Waals surface area contributed by atoms with Gasteiger partial charge < -0.3 is 20.1 Å². The van der Waals surface area contributed by atoms with Crippen LogP contribution in [0.15, 0.2) is 24.3 Å². The van der Waals surface area contributed by atoms with Crippen molar-refractivity contribution in [1.29, 1.82) is 0 Å². The molecule has 1 saturated heterocycles. The highest BCUT2D eigenvalue weighted by Gasteiger charge is 2.34. The van der Waals surface area contributed by atoms with E-state index in [0.717, 1.165) is 19.5 Å². The largest absolute Gasteiger partial charge is 0.485 e. The van der Waals surface area contributed by atoms with Gasteiger partial charge in [-0.3, -0.25) is 4.79 Å². The number of nitrogens with two attached hydrogens (primary N) is 1. The Bertz CT molecular complexity index is 478. The quantitative estimate of drug-likeness (QED) is 0.849. The number of nitrogens with zero attached hydrogens (tertiary/aromatic N) is 1. The molecule has 3 rings (SSSR count).